The Hall–Kier alpha value is -1.17. The Morgan fingerprint density at radius 2 is 2.05 bits per heavy atom. The van der Waals surface area contributed by atoms with E-state index in [1.807, 2.05) is 10.6 Å². The maximum atomic E-state index is 13.6. The maximum absolute atomic E-state index is 13.6. The molecule has 2 aromatic carbocycles. The molecule has 20 heavy (non-hydrogen) atoms. The molecule has 0 amide bonds. The second-order valence-corrected chi connectivity index (χ2v) is 6.16. The lowest BCUT2D eigenvalue weighted by Gasteiger charge is -2.08. The van der Waals surface area contributed by atoms with Crippen LogP contribution in [0.3, 0.4) is 0 Å². The highest BCUT2D eigenvalue weighted by atomic mass is 79.9. The summed E-state index contributed by atoms with van der Waals surface area (Å²) in [6.45, 7) is 1.73. The van der Waals surface area contributed by atoms with Gasteiger partial charge < -0.3 is 4.98 Å². The number of fused-ring (bicyclic) bond motifs is 1. The molecule has 0 aliphatic rings. The van der Waals surface area contributed by atoms with Crippen LogP contribution in [0.1, 0.15) is 5.56 Å². The SMILES string of the molecule is Cc1cc2c(cc1F)[nH]c(=S)n2-c1ccc(Cl)cc1Br. The quantitative estimate of drug-likeness (QED) is 0.556. The van der Waals surface area contributed by atoms with E-state index >= 15 is 0 Å². The molecule has 1 N–H and O–H groups in total. The molecule has 0 fully saturated rings. The van der Waals surface area contributed by atoms with Crippen molar-refractivity contribution in [3.63, 3.8) is 0 Å². The van der Waals surface area contributed by atoms with Crippen LogP contribution in [0.25, 0.3) is 16.7 Å². The molecule has 0 bridgehead atoms. The number of aromatic nitrogens is 2. The van der Waals surface area contributed by atoms with Crippen LogP contribution in [-0.2, 0) is 0 Å². The van der Waals surface area contributed by atoms with Gasteiger partial charge in [0.25, 0.3) is 0 Å². The van der Waals surface area contributed by atoms with Crippen molar-refractivity contribution in [3.05, 3.63) is 56.0 Å². The standard InChI is InChI=1S/C14H9BrClFN2S/c1-7-4-13-11(6-10(7)17)18-14(20)19(13)12-3-2-8(16)5-9(12)15/h2-6H,1H3,(H,18,20). The molecule has 0 saturated heterocycles. The summed E-state index contributed by atoms with van der Waals surface area (Å²) in [7, 11) is 0. The number of aryl methyl sites for hydroxylation is 1. The summed E-state index contributed by atoms with van der Waals surface area (Å²) in [5.41, 5.74) is 2.93. The zero-order valence-corrected chi connectivity index (χ0v) is 13.5. The van der Waals surface area contributed by atoms with Crippen molar-refractivity contribution in [1.29, 1.82) is 0 Å². The summed E-state index contributed by atoms with van der Waals surface area (Å²) < 4.78 is 16.8. The lowest BCUT2D eigenvalue weighted by molar-refractivity contribution is 0.620. The van der Waals surface area contributed by atoms with Crippen molar-refractivity contribution in [2.75, 3.05) is 0 Å². The van der Waals surface area contributed by atoms with Crippen molar-refractivity contribution in [3.8, 4) is 5.69 Å². The molecule has 2 nitrogen and oxygen atoms in total. The highest BCUT2D eigenvalue weighted by Gasteiger charge is 2.12. The van der Waals surface area contributed by atoms with Gasteiger partial charge in [-0.2, -0.15) is 0 Å². The second kappa shape index (κ2) is 4.98. The van der Waals surface area contributed by atoms with Crippen LogP contribution in [0.15, 0.2) is 34.8 Å². The number of hydrogen-bond donors (Lipinski definition) is 1. The highest BCUT2D eigenvalue weighted by molar-refractivity contribution is 9.10. The molecule has 0 aliphatic heterocycles. The molecule has 0 spiro atoms. The summed E-state index contributed by atoms with van der Waals surface area (Å²) in [6, 6.07) is 8.69. The van der Waals surface area contributed by atoms with Crippen LogP contribution < -0.4 is 0 Å². The smallest absolute Gasteiger partial charge is 0.182 e. The fourth-order valence-corrected chi connectivity index (χ4v) is 3.30. The molecule has 0 unspecified atom stereocenters. The van der Waals surface area contributed by atoms with Gasteiger partial charge in [-0.3, -0.25) is 4.57 Å². The predicted molar refractivity (Wildman–Crippen MR) is 85.9 cm³/mol. The summed E-state index contributed by atoms with van der Waals surface area (Å²) in [5, 5.41) is 0.634. The average Bonchev–Trinajstić information content (AvgIpc) is 2.66. The van der Waals surface area contributed by atoms with E-state index in [4.69, 9.17) is 23.8 Å². The normalized spacial score (nSPS) is 11.2. The van der Waals surface area contributed by atoms with Crippen LogP contribution in [-0.4, -0.2) is 9.55 Å². The Labute approximate surface area is 133 Å². The van der Waals surface area contributed by atoms with E-state index in [0.29, 0.717) is 20.9 Å². The molecule has 3 aromatic rings. The second-order valence-electron chi connectivity index (χ2n) is 4.48. The zero-order valence-electron chi connectivity index (χ0n) is 10.4. The number of rotatable bonds is 1. The molecule has 0 radical (unpaired) electrons. The molecule has 6 heteroatoms. The Morgan fingerprint density at radius 1 is 1.30 bits per heavy atom. The van der Waals surface area contributed by atoms with E-state index in [2.05, 4.69) is 20.9 Å². The topological polar surface area (TPSA) is 20.7 Å². The third-order valence-corrected chi connectivity index (χ3v) is 4.27. The van der Waals surface area contributed by atoms with E-state index in [1.165, 1.54) is 6.07 Å². The lowest BCUT2D eigenvalue weighted by Crippen LogP contribution is -1.96. The van der Waals surface area contributed by atoms with Crippen molar-refractivity contribution >= 4 is 50.8 Å². The van der Waals surface area contributed by atoms with Crippen molar-refractivity contribution in [1.82, 2.24) is 9.55 Å². The minimum absolute atomic E-state index is 0.254. The number of nitrogens with zero attached hydrogens (tertiary/aromatic N) is 1. The Bertz CT molecular complexity index is 885. The van der Waals surface area contributed by atoms with Gasteiger partial charge in [-0.25, -0.2) is 4.39 Å². The largest absolute Gasteiger partial charge is 0.330 e. The van der Waals surface area contributed by atoms with E-state index in [9.17, 15) is 4.39 Å². The van der Waals surface area contributed by atoms with Crippen LogP contribution in [0.5, 0.6) is 0 Å². The van der Waals surface area contributed by atoms with Gasteiger partial charge in [0, 0.05) is 9.50 Å². The minimum atomic E-state index is -0.254. The molecule has 0 saturated carbocycles. The number of benzene rings is 2. The maximum Gasteiger partial charge on any atom is 0.182 e. The van der Waals surface area contributed by atoms with Gasteiger partial charge in [-0.05, 0) is 71.0 Å². The van der Waals surface area contributed by atoms with E-state index in [0.717, 1.165) is 15.7 Å². The number of imidazole rings is 1. The van der Waals surface area contributed by atoms with Crippen molar-refractivity contribution in [2.24, 2.45) is 0 Å². The van der Waals surface area contributed by atoms with Gasteiger partial charge in [0.15, 0.2) is 4.77 Å². The van der Waals surface area contributed by atoms with Crippen LogP contribution in [0.2, 0.25) is 5.02 Å². The first kappa shape index (κ1) is 13.8. The summed E-state index contributed by atoms with van der Waals surface area (Å²) in [6.07, 6.45) is 0. The number of halogens is 3. The van der Waals surface area contributed by atoms with Gasteiger partial charge in [-0.15, -0.1) is 0 Å². The number of nitrogens with one attached hydrogen (secondary N) is 1. The van der Waals surface area contributed by atoms with Crippen molar-refractivity contribution < 1.29 is 4.39 Å². The lowest BCUT2D eigenvalue weighted by atomic mass is 10.2. The Kier molecular flexibility index (Phi) is 3.44. The van der Waals surface area contributed by atoms with E-state index in [-0.39, 0.29) is 5.82 Å². The fraction of sp³-hybridized carbons (Fsp3) is 0.0714. The Morgan fingerprint density at radius 3 is 2.75 bits per heavy atom. The first-order valence-corrected chi connectivity index (χ1v) is 7.41. The van der Waals surface area contributed by atoms with Crippen molar-refractivity contribution in [2.45, 2.75) is 6.92 Å². The molecular formula is C14H9BrClFN2S. The molecule has 0 atom stereocenters. The molecule has 1 heterocycles. The summed E-state index contributed by atoms with van der Waals surface area (Å²) in [5.74, 6) is -0.254. The van der Waals surface area contributed by atoms with E-state index in [1.54, 1.807) is 25.1 Å². The number of hydrogen-bond acceptors (Lipinski definition) is 1. The first-order chi connectivity index (χ1) is 9.47. The van der Waals surface area contributed by atoms with Gasteiger partial charge in [-0.1, -0.05) is 11.6 Å². The third-order valence-electron chi connectivity index (χ3n) is 3.11. The molecule has 102 valence electrons. The Balaban J connectivity index is 2.39. The van der Waals surface area contributed by atoms with Gasteiger partial charge in [0.05, 0.1) is 16.7 Å². The van der Waals surface area contributed by atoms with Gasteiger partial charge >= 0.3 is 0 Å². The van der Waals surface area contributed by atoms with E-state index < -0.39 is 0 Å². The van der Waals surface area contributed by atoms with Crippen LogP contribution in [0.4, 0.5) is 4.39 Å². The molecule has 0 aliphatic carbocycles. The number of H-pyrrole nitrogens is 1. The molecule has 3 rings (SSSR count). The van der Waals surface area contributed by atoms with Crippen LogP contribution in [0, 0.1) is 17.5 Å². The zero-order chi connectivity index (χ0) is 14.4. The van der Waals surface area contributed by atoms with Gasteiger partial charge in [0.2, 0.25) is 0 Å². The fourth-order valence-electron chi connectivity index (χ4n) is 2.13. The summed E-state index contributed by atoms with van der Waals surface area (Å²) >= 11 is 14.8. The highest BCUT2D eigenvalue weighted by Crippen LogP contribution is 2.29. The summed E-state index contributed by atoms with van der Waals surface area (Å²) in [4.78, 5) is 3.02. The predicted octanol–water partition coefficient (Wildman–Crippen LogP) is 5.55. The van der Waals surface area contributed by atoms with Gasteiger partial charge in [0.1, 0.15) is 5.82 Å². The van der Waals surface area contributed by atoms with Crippen LogP contribution >= 0.6 is 39.7 Å². The molecular weight excluding hydrogens is 363 g/mol. The third kappa shape index (κ3) is 2.20. The number of aromatic amines is 1. The average molecular weight is 372 g/mol. The minimum Gasteiger partial charge on any atom is -0.330 e. The monoisotopic (exact) mass is 370 g/mol. The first-order valence-electron chi connectivity index (χ1n) is 5.83. The molecule has 1 aromatic heterocycles.